The number of carbonyl (C=O) groups excluding carboxylic acids is 1. The molecule has 0 aliphatic carbocycles. The van der Waals surface area contributed by atoms with Crippen molar-refractivity contribution < 1.29 is 47.1 Å². The SMILES string of the molecule is CCCCC(CC)C/C(=C/C(=O)O)C(=O)Oc1ccccc1.[Hg]. The Bertz CT molecular complexity index is 511. The van der Waals surface area contributed by atoms with Crippen LogP contribution in [0.25, 0.3) is 0 Å². The van der Waals surface area contributed by atoms with E-state index < -0.39 is 11.9 Å². The molecule has 122 valence electrons. The van der Waals surface area contributed by atoms with E-state index in [0.717, 1.165) is 31.8 Å². The van der Waals surface area contributed by atoms with Gasteiger partial charge in [-0.15, -0.1) is 0 Å². The third-order valence-corrected chi connectivity index (χ3v) is 3.57. The molecule has 0 saturated heterocycles. The van der Waals surface area contributed by atoms with E-state index in [2.05, 4.69) is 13.8 Å². The molecule has 0 saturated carbocycles. The minimum Gasteiger partial charge on any atom is -0.478 e. The Labute approximate surface area is 158 Å². The number of unbranched alkanes of at least 4 members (excludes halogenated alkanes) is 1. The van der Waals surface area contributed by atoms with Crippen LogP contribution in [0, 0.1) is 5.92 Å². The Morgan fingerprint density at radius 1 is 1.22 bits per heavy atom. The van der Waals surface area contributed by atoms with Gasteiger partial charge in [0, 0.05) is 39.3 Å². The first kappa shape index (κ1) is 21.8. The van der Waals surface area contributed by atoms with Crippen molar-refractivity contribution in [1.82, 2.24) is 0 Å². The van der Waals surface area contributed by atoms with Crippen LogP contribution < -0.4 is 4.74 Å². The molecule has 0 spiro atoms. The van der Waals surface area contributed by atoms with E-state index in [1.54, 1.807) is 24.3 Å². The maximum atomic E-state index is 12.2. The zero-order chi connectivity index (χ0) is 16.4. The Balaban J connectivity index is 0.00000484. The fourth-order valence-electron chi connectivity index (χ4n) is 2.27. The van der Waals surface area contributed by atoms with Gasteiger partial charge in [-0.25, -0.2) is 9.59 Å². The Morgan fingerprint density at radius 3 is 2.39 bits per heavy atom. The van der Waals surface area contributed by atoms with Crippen LogP contribution in [-0.4, -0.2) is 17.0 Å². The van der Waals surface area contributed by atoms with Gasteiger partial charge in [0.1, 0.15) is 5.75 Å². The number of para-hydroxylation sites is 1. The summed E-state index contributed by atoms with van der Waals surface area (Å²) in [6.07, 6.45) is 5.47. The number of carboxylic acid groups (broad SMARTS) is 1. The summed E-state index contributed by atoms with van der Waals surface area (Å²) in [6.45, 7) is 4.17. The van der Waals surface area contributed by atoms with Gasteiger partial charge in [0.2, 0.25) is 0 Å². The number of aliphatic carboxylic acids is 1. The van der Waals surface area contributed by atoms with Gasteiger partial charge in [-0.05, 0) is 24.5 Å². The van der Waals surface area contributed by atoms with Crippen LogP contribution in [-0.2, 0) is 37.3 Å². The second-order valence-corrected chi connectivity index (χ2v) is 5.33. The third kappa shape index (κ3) is 8.89. The van der Waals surface area contributed by atoms with Gasteiger partial charge in [0.05, 0.1) is 0 Å². The molecule has 0 aromatic heterocycles. The predicted octanol–water partition coefficient (Wildman–Crippen LogP) is 4.21. The Kier molecular flexibility index (Phi) is 11.7. The first-order valence-electron chi connectivity index (χ1n) is 7.77. The molecule has 0 fully saturated rings. The molecular weight excluding hydrogens is 481 g/mol. The summed E-state index contributed by atoms with van der Waals surface area (Å²) in [5, 5.41) is 8.98. The molecule has 0 amide bonds. The van der Waals surface area contributed by atoms with Gasteiger partial charge in [-0.3, -0.25) is 0 Å². The van der Waals surface area contributed by atoms with Crippen LogP contribution >= 0.6 is 0 Å². The molecule has 0 aliphatic rings. The first-order valence-corrected chi connectivity index (χ1v) is 7.77. The molecule has 23 heavy (non-hydrogen) atoms. The maximum Gasteiger partial charge on any atom is 0.339 e. The van der Waals surface area contributed by atoms with E-state index in [1.807, 2.05) is 6.07 Å². The standard InChI is InChI=1S/C18H24O4.Hg/c1-3-5-9-14(4-2)12-15(13-17(19)20)18(21)22-16-10-7-6-8-11-16;/h6-8,10-11,13-14H,3-5,9,12H2,1-2H3,(H,19,20);/b15-13-;. The van der Waals surface area contributed by atoms with Crippen molar-refractivity contribution >= 4 is 11.9 Å². The summed E-state index contributed by atoms with van der Waals surface area (Å²) in [7, 11) is 0. The van der Waals surface area contributed by atoms with E-state index in [4.69, 9.17) is 9.84 Å². The van der Waals surface area contributed by atoms with E-state index >= 15 is 0 Å². The van der Waals surface area contributed by atoms with Crippen LogP contribution in [0.3, 0.4) is 0 Å². The molecule has 1 aromatic rings. The van der Waals surface area contributed by atoms with Crippen molar-refractivity contribution in [2.75, 3.05) is 0 Å². The molecule has 5 heteroatoms. The molecule has 0 heterocycles. The third-order valence-electron chi connectivity index (χ3n) is 3.57. The monoisotopic (exact) mass is 506 g/mol. The predicted molar refractivity (Wildman–Crippen MR) is 85.7 cm³/mol. The van der Waals surface area contributed by atoms with Crippen molar-refractivity contribution in [2.45, 2.75) is 46.0 Å². The average Bonchev–Trinajstić information content (AvgIpc) is 2.50. The second kappa shape index (κ2) is 12.3. The summed E-state index contributed by atoms with van der Waals surface area (Å²) in [4.78, 5) is 23.2. The number of benzene rings is 1. The van der Waals surface area contributed by atoms with Crippen molar-refractivity contribution in [1.29, 1.82) is 0 Å². The normalized spacial score (nSPS) is 12.2. The van der Waals surface area contributed by atoms with Gasteiger partial charge in [-0.1, -0.05) is 57.7 Å². The van der Waals surface area contributed by atoms with Crippen molar-refractivity contribution in [2.24, 2.45) is 5.92 Å². The molecule has 4 nitrogen and oxygen atoms in total. The fourth-order valence-corrected chi connectivity index (χ4v) is 2.27. The molecule has 1 unspecified atom stereocenters. The van der Waals surface area contributed by atoms with Gasteiger partial charge in [0.25, 0.3) is 0 Å². The molecule has 0 bridgehead atoms. The van der Waals surface area contributed by atoms with Crippen molar-refractivity contribution in [3.05, 3.63) is 42.0 Å². The van der Waals surface area contributed by atoms with Crippen LogP contribution in [0.1, 0.15) is 46.0 Å². The van der Waals surface area contributed by atoms with E-state index in [9.17, 15) is 9.59 Å². The molecule has 1 rings (SSSR count). The summed E-state index contributed by atoms with van der Waals surface area (Å²) < 4.78 is 5.26. The minimum atomic E-state index is -1.12. The Morgan fingerprint density at radius 2 is 1.87 bits per heavy atom. The van der Waals surface area contributed by atoms with Crippen LogP contribution in [0.5, 0.6) is 5.75 Å². The van der Waals surface area contributed by atoms with E-state index in [-0.39, 0.29) is 33.2 Å². The fraction of sp³-hybridized carbons (Fsp3) is 0.444. The topological polar surface area (TPSA) is 63.6 Å². The number of hydrogen-bond acceptors (Lipinski definition) is 3. The average molecular weight is 505 g/mol. The zero-order valence-corrected chi connectivity index (χ0v) is 19.5. The molecule has 1 N–H and O–H groups in total. The largest absolute Gasteiger partial charge is 0.478 e. The van der Waals surface area contributed by atoms with E-state index in [1.165, 1.54) is 0 Å². The molecule has 0 aliphatic heterocycles. The number of ether oxygens (including phenoxy) is 1. The second-order valence-electron chi connectivity index (χ2n) is 5.33. The zero-order valence-electron chi connectivity index (χ0n) is 14.0. The number of esters is 1. The van der Waals surface area contributed by atoms with Crippen LogP contribution in [0.15, 0.2) is 42.0 Å². The summed E-state index contributed by atoms with van der Waals surface area (Å²) in [6, 6.07) is 8.69. The molecule has 1 atom stereocenters. The minimum absolute atomic E-state index is 0. The quantitative estimate of drug-likeness (QED) is 0.237. The number of hydrogen-bond donors (Lipinski definition) is 1. The van der Waals surface area contributed by atoms with E-state index in [0.29, 0.717) is 18.1 Å². The maximum absolute atomic E-state index is 12.2. The molecular formula is C18H24HgO4. The number of rotatable bonds is 9. The van der Waals surface area contributed by atoms with Gasteiger partial charge in [0.15, 0.2) is 0 Å². The Hall–Kier alpha value is -1.16. The summed E-state index contributed by atoms with van der Waals surface area (Å²) in [5.74, 6) is -0.979. The smallest absolute Gasteiger partial charge is 0.339 e. The van der Waals surface area contributed by atoms with Crippen LogP contribution in [0.2, 0.25) is 0 Å². The van der Waals surface area contributed by atoms with Gasteiger partial charge >= 0.3 is 11.9 Å². The summed E-state index contributed by atoms with van der Waals surface area (Å²) >= 11 is 0. The number of carbonyl (C=O) groups is 2. The van der Waals surface area contributed by atoms with Gasteiger partial charge in [-0.2, -0.15) is 0 Å². The first-order chi connectivity index (χ1) is 10.6. The van der Waals surface area contributed by atoms with Gasteiger partial charge < -0.3 is 9.84 Å². The molecule has 1 aromatic carbocycles. The number of carboxylic acids is 1. The van der Waals surface area contributed by atoms with Crippen LogP contribution in [0.4, 0.5) is 0 Å². The molecule has 0 radical (unpaired) electrons. The summed E-state index contributed by atoms with van der Waals surface area (Å²) in [5.41, 5.74) is 0.222. The van der Waals surface area contributed by atoms with Crippen molar-refractivity contribution in [3.8, 4) is 5.75 Å². The van der Waals surface area contributed by atoms with Crippen molar-refractivity contribution in [3.63, 3.8) is 0 Å².